The summed E-state index contributed by atoms with van der Waals surface area (Å²) in [7, 11) is 0. The Morgan fingerprint density at radius 2 is 0.771 bits per heavy atom. The molecule has 202 valence electrons. The maximum Gasteiger partial charge on any atom is 0.723 e. The zero-order chi connectivity index (χ0) is 28.0. The van der Waals surface area contributed by atoms with Crippen LogP contribution in [0.2, 0.25) is 0 Å². The molecule has 26 heteroatoms. The third-order valence-electron chi connectivity index (χ3n) is 3.14. The number of hydrogen-bond acceptors (Lipinski definition) is 14. The maximum absolute atomic E-state index is 13.9. The average Bonchev–Trinajstić information content (AvgIpc) is 2.66. The fourth-order valence-electron chi connectivity index (χ4n) is 1.49. The van der Waals surface area contributed by atoms with Crippen molar-refractivity contribution in [1.82, 2.24) is 0 Å². The monoisotopic (exact) mass is 543 g/mol. The molecule has 0 saturated heterocycles. The van der Waals surface area contributed by atoms with E-state index in [1.54, 1.807) is 0 Å². The molecule has 0 aromatic carbocycles. The van der Waals surface area contributed by atoms with Gasteiger partial charge in [0.05, 0.1) is 0 Å². The van der Waals surface area contributed by atoms with Crippen LogP contribution < -0.4 is 0 Å². The van der Waals surface area contributed by atoms with Gasteiger partial charge in [-0.15, -0.1) is 0 Å². The lowest BCUT2D eigenvalue weighted by Gasteiger charge is -2.32. The molecule has 0 rings (SSSR count). The topological polar surface area (TPSA) is 253 Å². The molecule has 0 atom stereocenters. The molecule has 0 radical (unpaired) electrons. The molecule has 0 amide bonds. The highest BCUT2D eigenvalue weighted by atomic mass is 19.4. The van der Waals surface area contributed by atoms with Crippen molar-refractivity contribution in [3.8, 4) is 0 Å². The number of ether oxygens (including phenoxy) is 4. The molecular weight excluding hydrogens is 535 g/mol. The Labute approximate surface area is 183 Å². The molecule has 0 unspecified atom stereocenters. The number of alkyl halides is 7. The third kappa shape index (κ3) is 8.26. The number of nitrogens with zero attached hydrogens (tertiary/aromatic N) is 5. The third-order valence-corrected chi connectivity index (χ3v) is 3.14. The van der Waals surface area contributed by atoms with E-state index in [0.29, 0.717) is 0 Å². The largest absolute Gasteiger partial charge is 0.723 e. The van der Waals surface area contributed by atoms with Crippen LogP contribution in [-0.4, -0.2) is 81.3 Å². The highest BCUT2D eigenvalue weighted by Crippen LogP contribution is 2.30. The van der Waals surface area contributed by atoms with Crippen molar-refractivity contribution in [3.05, 3.63) is 50.6 Å². The quantitative estimate of drug-likeness (QED) is 0.0894. The lowest BCUT2D eigenvalue weighted by atomic mass is 10.4. The van der Waals surface area contributed by atoms with Gasteiger partial charge in [-0.25, -0.2) is 0 Å². The van der Waals surface area contributed by atoms with E-state index in [0.717, 1.165) is 0 Å². The van der Waals surface area contributed by atoms with Crippen molar-refractivity contribution in [1.29, 1.82) is 0 Å². The van der Waals surface area contributed by atoms with Crippen LogP contribution in [-0.2, 0) is 18.9 Å². The molecule has 0 aromatic heterocycles. The van der Waals surface area contributed by atoms with Crippen molar-refractivity contribution < 1.29 is 74.3 Å². The van der Waals surface area contributed by atoms with Gasteiger partial charge in [0.15, 0.2) is 28.0 Å². The minimum Gasteiger partial charge on any atom is -0.294 e. The number of halogens is 7. The van der Waals surface area contributed by atoms with Gasteiger partial charge in [-0.3, -0.25) is 69.5 Å². The van der Waals surface area contributed by atoms with Crippen LogP contribution >= 0.6 is 0 Å². The van der Waals surface area contributed by atoms with Crippen molar-refractivity contribution in [2.45, 2.75) is 30.2 Å². The molecule has 19 nitrogen and oxygen atoms in total. The standard InChI is InChI=1S/C9H8F7N5O14/c10-5(11,12)1-32-9(33-2-6(13,14)15,34-3-7(16,17(22)23)18(24)25)35-4-8(19(26)27,20(28)29)21(30)31/h1-4H2. The fourth-order valence-corrected chi connectivity index (χ4v) is 1.49. The second kappa shape index (κ2) is 10.7. The summed E-state index contributed by atoms with van der Waals surface area (Å²) in [5.41, 5.74) is 0. The van der Waals surface area contributed by atoms with Crippen LogP contribution in [0, 0.1) is 50.6 Å². The molecular formula is C9H8F7N5O14. The summed E-state index contributed by atoms with van der Waals surface area (Å²) in [6, 6.07) is 0. The molecule has 0 bridgehead atoms. The molecule has 0 fully saturated rings. The Morgan fingerprint density at radius 3 is 1.03 bits per heavy atom. The zero-order valence-corrected chi connectivity index (χ0v) is 15.9. The van der Waals surface area contributed by atoms with Gasteiger partial charge < -0.3 is 0 Å². The number of rotatable bonds is 15. The summed E-state index contributed by atoms with van der Waals surface area (Å²) in [6.07, 6.45) is -16.0. The molecule has 0 aliphatic heterocycles. The van der Waals surface area contributed by atoms with Crippen LogP contribution in [0.1, 0.15) is 0 Å². The Bertz CT molecular complexity index is 781. The van der Waals surface area contributed by atoms with Crippen molar-refractivity contribution in [2.24, 2.45) is 0 Å². The summed E-state index contributed by atoms with van der Waals surface area (Å²) < 4.78 is 104. The smallest absolute Gasteiger partial charge is 0.294 e. The SMILES string of the molecule is O=[N+]([O-])C(F)(COC(OCC(F)(F)F)(OCC(F)(F)F)OCC([N+](=O)[O-])([N+](=O)[O-])[N+](=O)[O-])[N+](=O)[O-]. The molecule has 0 aliphatic rings. The predicted molar refractivity (Wildman–Crippen MR) is 80.2 cm³/mol. The van der Waals surface area contributed by atoms with E-state index >= 15 is 0 Å². The van der Waals surface area contributed by atoms with Crippen LogP contribution in [0.5, 0.6) is 0 Å². The summed E-state index contributed by atoms with van der Waals surface area (Å²) in [4.78, 5) is 41.9. The van der Waals surface area contributed by atoms with Gasteiger partial charge in [0, 0.05) is 0 Å². The van der Waals surface area contributed by atoms with Crippen LogP contribution in [0.25, 0.3) is 0 Å². The molecule has 0 aliphatic carbocycles. The van der Waals surface area contributed by atoms with Gasteiger partial charge in [0.2, 0.25) is 6.61 Å². The lowest BCUT2D eigenvalue weighted by Crippen LogP contribution is -2.60. The zero-order valence-electron chi connectivity index (χ0n) is 15.9. The van der Waals surface area contributed by atoms with Gasteiger partial charge in [-0.1, -0.05) is 4.39 Å². The van der Waals surface area contributed by atoms with E-state index in [1.165, 1.54) is 0 Å². The molecule has 0 aromatic rings. The maximum atomic E-state index is 13.9. The lowest BCUT2D eigenvalue weighted by molar-refractivity contribution is -0.972. The van der Waals surface area contributed by atoms with Crippen molar-refractivity contribution >= 4 is 0 Å². The molecule has 35 heavy (non-hydrogen) atoms. The first kappa shape index (κ1) is 31.4. The van der Waals surface area contributed by atoms with E-state index in [9.17, 15) is 81.3 Å². The summed E-state index contributed by atoms with van der Waals surface area (Å²) in [5, 5.41) is 53.7. The van der Waals surface area contributed by atoms with Crippen LogP contribution in [0.4, 0.5) is 30.7 Å². The fraction of sp³-hybridized carbons (Fsp3) is 1.00. The first-order valence-electron chi connectivity index (χ1n) is 7.65. The highest BCUT2D eigenvalue weighted by molar-refractivity contribution is 4.60. The highest BCUT2D eigenvalue weighted by Gasteiger charge is 2.72. The Hall–Kier alpha value is -3.65. The van der Waals surface area contributed by atoms with E-state index in [-0.39, 0.29) is 0 Å². The second-order valence-electron chi connectivity index (χ2n) is 5.66. The Balaban J connectivity index is 6.58. The van der Waals surface area contributed by atoms with E-state index in [1.807, 2.05) is 0 Å². The molecule has 0 heterocycles. The van der Waals surface area contributed by atoms with Gasteiger partial charge in [0.25, 0.3) is 6.61 Å². The van der Waals surface area contributed by atoms with E-state index in [2.05, 4.69) is 18.9 Å². The number of nitro groups is 5. The van der Waals surface area contributed by atoms with Crippen LogP contribution in [0.3, 0.4) is 0 Å². The summed E-state index contributed by atoms with van der Waals surface area (Å²) in [5.74, 6) is -9.86. The predicted octanol–water partition coefficient (Wildman–Crippen LogP) is 0.449. The first-order chi connectivity index (χ1) is 15.5. The van der Waals surface area contributed by atoms with Gasteiger partial charge >= 0.3 is 30.2 Å². The van der Waals surface area contributed by atoms with E-state index < -0.39 is 81.3 Å². The summed E-state index contributed by atoms with van der Waals surface area (Å²) in [6.45, 7) is -11.3. The van der Waals surface area contributed by atoms with Gasteiger partial charge in [0.1, 0.15) is 9.85 Å². The average molecular weight is 543 g/mol. The molecule has 0 N–H and O–H groups in total. The Kier molecular flexibility index (Phi) is 9.62. The van der Waals surface area contributed by atoms with Crippen molar-refractivity contribution in [3.63, 3.8) is 0 Å². The minimum atomic E-state index is -5.61. The van der Waals surface area contributed by atoms with Gasteiger partial charge in [-0.05, 0) is 0 Å². The molecule has 0 spiro atoms. The number of hydrogen-bond donors (Lipinski definition) is 0. The molecule has 0 saturated carbocycles. The minimum absolute atomic E-state index is 2.35. The van der Waals surface area contributed by atoms with Crippen LogP contribution in [0.15, 0.2) is 0 Å². The Morgan fingerprint density at radius 1 is 0.486 bits per heavy atom. The normalized spacial score (nSPS) is 13.3. The first-order valence-corrected chi connectivity index (χ1v) is 7.65. The van der Waals surface area contributed by atoms with Gasteiger partial charge in [-0.2, -0.15) is 26.3 Å². The van der Waals surface area contributed by atoms with E-state index in [4.69, 9.17) is 0 Å². The van der Waals surface area contributed by atoms with Crippen molar-refractivity contribution in [2.75, 3.05) is 26.4 Å². The summed E-state index contributed by atoms with van der Waals surface area (Å²) >= 11 is 0. The second-order valence-corrected chi connectivity index (χ2v) is 5.66.